The maximum atomic E-state index is 12.2. The summed E-state index contributed by atoms with van der Waals surface area (Å²) in [5.41, 5.74) is 0.484. The van der Waals surface area contributed by atoms with Crippen molar-refractivity contribution in [1.29, 1.82) is 0 Å². The highest BCUT2D eigenvalue weighted by Crippen LogP contribution is 2.20. The fourth-order valence-electron chi connectivity index (χ4n) is 1.80. The third kappa shape index (κ3) is 4.82. The standard InChI is InChI=1S/C16H20N2O3S/c1-16(2,3)21-14-6-8-15(9-7-14)22(19,20)18-12-13-5-4-10-17-11-13/h4-11,18H,12H2,1-3H3. The molecule has 0 aliphatic rings. The third-order valence-electron chi connectivity index (χ3n) is 2.75. The van der Waals surface area contributed by atoms with Crippen LogP contribution in [0.25, 0.3) is 0 Å². The summed E-state index contributed by atoms with van der Waals surface area (Å²) in [6.07, 6.45) is 3.27. The Labute approximate surface area is 131 Å². The maximum absolute atomic E-state index is 12.2. The van der Waals surface area contributed by atoms with Gasteiger partial charge in [-0.25, -0.2) is 13.1 Å². The van der Waals surface area contributed by atoms with Crippen molar-refractivity contribution in [3.8, 4) is 5.75 Å². The molecular formula is C16H20N2O3S. The SMILES string of the molecule is CC(C)(C)Oc1ccc(S(=O)(=O)NCc2cccnc2)cc1. The van der Waals surface area contributed by atoms with Gasteiger partial charge in [0.25, 0.3) is 0 Å². The highest BCUT2D eigenvalue weighted by atomic mass is 32.2. The molecule has 0 atom stereocenters. The average molecular weight is 320 g/mol. The van der Waals surface area contributed by atoms with Gasteiger partial charge in [0.2, 0.25) is 10.0 Å². The minimum Gasteiger partial charge on any atom is -0.488 e. The van der Waals surface area contributed by atoms with E-state index in [9.17, 15) is 8.42 Å². The van der Waals surface area contributed by atoms with Crippen LogP contribution in [0.2, 0.25) is 0 Å². The summed E-state index contributed by atoms with van der Waals surface area (Å²) >= 11 is 0. The molecule has 1 N–H and O–H groups in total. The van der Waals surface area contributed by atoms with Crippen molar-refractivity contribution >= 4 is 10.0 Å². The number of aromatic nitrogens is 1. The number of hydrogen-bond donors (Lipinski definition) is 1. The number of pyridine rings is 1. The molecule has 0 aliphatic heterocycles. The summed E-state index contributed by atoms with van der Waals surface area (Å²) in [7, 11) is -3.55. The molecule has 2 aromatic rings. The molecule has 0 fully saturated rings. The van der Waals surface area contributed by atoms with Crippen LogP contribution in [-0.2, 0) is 16.6 Å². The molecule has 5 nitrogen and oxygen atoms in total. The lowest BCUT2D eigenvalue weighted by Crippen LogP contribution is -2.24. The van der Waals surface area contributed by atoms with Gasteiger partial charge in [0.1, 0.15) is 11.4 Å². The minimum absolute atomic E-state index is 0.205. The zero-order valence-corrected chi connectivity index (χ0v) is 13.7. The minimum atomic E-state index is -3.55. The van der Waals surface area contributed by atoms with Gasteiger partial charge >= 0.3 is 0 Å². The molecule has 0 saturated carbocycles. The third-order valence-corrected chi connectivity index (χ3v) is 4.16. The molecule has 1 heterocycles. The van der Waals surface area contributed by atoms with Gasteiger partial charge in [-0.15, -0.1) is 0 Å². The van der Waals surface area contributed by atoms with E-state index in [4.69, 9.17) is 4.74 Å². The van der Waals surface area contributed by atoms with Crippen molar-refractivity contribution in [3.63, 3.8) is 0 Å². The fraction of sp³-hybridized carbons (Fsp3) is 0.312. The first-order valence-electron chi connectivity index (χ1n) is 6.94. The van der Waals surface area contributed by atoms with Gasteiger partial charge in [0, 0.05) is 18.9 Å². The summed E-state index contributed by atoms with van der Waals surface area (Å²) < 4.78 is 32.7. The Bertz CT molecular complexity index is 705. The molecule has 0 radical (unpaired) electrons. The van der Waals surface area contributed by atoms with Crippen LogP contribution in [0.15, 0.2) is 53.7 Å². The van der Waals surface area contributed by atoms with Crippen LogP contribution in [0, 0.1) is 0 Å². The average Bonchev–Trinajstić information content (AvgIpc) is 2.45. The van der Waals surface area contributed by atoms with Gasteiger partial charge in [0.05, 0.1) is 4.90 Å². The number of benzene rings is 1. The Hall–Kier alpha value is -1.92. The van der Waals surface area contributed by atoms with Crippen LogP contribution in [0.1, 0.15) is 26.3 Å². The van der Waals surface area contributed by atoms with Crippen LogP contribution in [0.4, 0.5) is 0 Å². The number of ether oxygens (including phenoxy) is 1. The maximum Gasteiger partial charge on any atom is 0.240 e. The summed E-state index contributed by atoms with van der Waals surface area (Å²) in [4.78, 5) is 4.16. The molecule has 1 aromatic carbocycles. The first kappa shape index (κ1) is 16.5. The smallest absolute Gasteiger partial charge is 0.240 e. The first-order chi connectivity index (χ1) is 10.3. The normalized spacial score (nSPS) is 12.1. The van der Waals surface area contributed by atoms with Crippen molar-refractivity contribution < 1.29 is 13.2 Å². The second kappa shape index (κ2) is 6.46. The Morgan fingerprint density at radius 1 is 1.14 bits per heavy atom. The zero-order valence-electron chi connectivity index (χ0n) is 12.9. The van der Waals surface area contributed by atoms with E-state index in [1.807, 2.05) is 26.8 Å². The van der Waals surface area contributed by atoms with E-state index in [0.29, 0.717) is 5.75 Å². The molecule has 0 spiro atoms. The first-order valence-corrected chi connectivity index (χ1v) is 8.42. The Morgan fingerprint density at radius 3 is 2.36 bits per heavy atom. The Kier molecular flexibility index (Phi) is 4.83. The number of sulfonamides is 1. The lowest BCUT2D eigenvalue weighted by atomic mass is 10.2. The molecule has 1 aromatic heterocycles. The van der Waals surface area contributed by atoms with Gasteiger partial charge in [-0.1, -0.05) is 6.07 Å². The van der Waals surface area contributed by atoms with E-state index in [1.54, 1.807) is 30.6 Å². The molecule has 0 saturated heterocycles. The van der Waals surface area contributed by atoms with Crippen molar-refractivity contribution in [3.05, 3.63) is 54.4 Å². The van der Waals surface area contributed by atoms with Crippen molar-refractivity contribution in [2.24, 2.45) is 0 Å². The lowest BCUT2D eigenvalue weighted by Gasteiger charge is -2.21. The number of nitrogens with one attached hydrogen (secondary N) is 1. The molecule has 6 heteroatoms. The summed E-state index contributed by atoms with van der Waals surface area (Å²) in [5.74, 6) is 0.638. The van der Waals surface area contributed by atoms with Crippen LogP contribution >= 0.6 is 0 Å². The molecule has 0 unspecified atom stereocenters. The topological polar surface area (TPSA) is 68.3 Å². The predicted octanol–water partition coefficient (Wildman–Crippen LogP) is 2.74. The van der Waals surface area contributed by atoms with Crippen LogP contribution < -0.4 is 9.46 Å². The van der Waals surface area contributed by atoms with E-state index in [2.05, 4.69) is 9.71 Å². The molecular weight excluding hydrogens is 300 g/mol. The van der Waals surface area contributed by atoms with Crippen LogP contribution in [-0.4, -0.2) is 19.0 Å². The highest BCUT2D eigenvalue weighted by Gasteiger charge is 2.15. The monoisotopic (exact) mass is 320 g/mol. The molecule has 22 heavy (non-hydrogen) atoms. The largest absolute Gasteiger partial charge is 0.488 e. The van der Waals surface area contributed by atoms with Crippen molar-refractivity contribution in [2.45, 2.75) is 37.8 Å². The molecule has 0 amide bonds. The van der Waals surface area contributed by atoms with E-state index >= 15 is 0 Å². The fourth-order valence-corrected chi connectivity index (χ4v) is 2.82. The number of rotatable bonds is 5. The molecule has 0 bridgehead atoms. The van der Waals surface area contributed by atoms with Gasteiger partial charge < -0.3 is 4.74 Å². The molecule has 2 rings (SSSR count). The van der Waals surface area contributed by atoms with Crippen molar-refractivity contribution in [2.75, 3.05) is 0 Å². The zero-order chi connectivity index (χ0) is 16.2. The molecule has 0 aliphatic carbocycles. The van der Waals surface area contributed by atoms with Gasteiger partial charge in [-0.2, -0.15) is 0 Å². The second-order valence-corrected chi connectivity index (χ2v) is 7.64. The molecule has 118 valence electrons. The summed E-state index contributed by atoms with van der Waals surface area (Å²) in [6.45, 7) is 6.02. The van der Waals surface area contributed by atoms with Gasteiger partial charge in [-0.3, -0.25) is 4.98 Å². The van der Waals surface area contributed by atoms with E-state index in [-0.39, 0.29) is 17.0 Å². The Morgan fingerprint density at radius 2 is 1.82 bits per heavy atom. The summed E-state index contributed by atoms with van der Waals surface area (Å²) in [6, 6.07) is 9.96. The van der Waals surface area contributed by atoms with E-state index in [0.717, 1.165) is 5.56 Å². The Balaban J connectivity index is 2.06. The second-order valence-electron chi connectivity index (χ2n) is 5.87. The number of nitrogens with zero attached hydrogens (tertiary/aromatic N) is 1. The summed E-state index contributed by atoms with van der Waals surface area (Å²) in [5, 5.41) is 0. The van der Waals surface area contributed by atoms with Crippen LogP contribution in [0.3, 0.4) is 0 Å². The lowest BCUT2D eigenvalue weighted by molar-refractivity contribution is 0.131. The van der Waals surface area contributed by atoms with E-state index < -0.39 is 10.0 Å². The van der Waals surface area contributed by atoms with Gasteiger partial charge in [-0.05, 0) is 56.7 Å². The highest BCUT2D eigenvalue weighted by molar-refractivity contribution is 7.89. The van der Waals surface area contributed by atoms with Crippen molar-refractivity contribution in [1.82, 2.24) is 9.71 Å². The quantitative estimate of drug-likeness (QED) is 0.920. The number of hydrogen-bond acceptors (Lipinski definition) is 4. The van der Waals surface area contributed by atoms with Gasteiger partial charge in [0.15, 0.2) is 0 Å². The van der Waals surface area contributed by atoms with Crippen LogP contribution in [0.5, 0.6) is 5.75 Å². The predicted molar refractivity (Wildman–Crippen MR) is 85.1 cm³/mol. The van der Waals surface area contributed by atoms with E-state index in [1.165, 1.54) is 12.1 Å².